The average molecular weight is 233 g/mol. The molecule has 0 N–H and O–H groups in total. The summed E-state index contributed by atoms with van der Waals surface area (Å²) < 4.78 is 4.74. The van der Waals surface area contributed by atoms with Crippen molar-refractivity contribution in [1.29, 1.82) is 5.26 Å². The Kier molecular flexibility index (Phi) is 5.17. The molecule has 0 aromatic heterocycles. The first-order chi connectivity index (χ1) is 7.77. The molecule has 0 atom stereocenters. The molecular formula is C12H11NO2S. The summed E-state index contributed by atoms with van der Waals surface area (Å²) in [5.41, 5.74) is 0.0238. The van der Waals surface area contributed by atoms with Gasteiger partial charge in [0, 0.05) is 10.3 Å². The molecule has 0 amide bonds. The maximum Gasteiger partial charge on any atom is 0.349 e. The number of carbonyl (C=O) groups excluding carboxylic acids is 1. The Morgan fingerprint density at radius 2 is 2.19 bits per heavy atom. The van der Waals surface area contributed by atoms with E-state index in [-0.39, 0.29) is 12.2 Å². The van der Waals surface area contributed by atoms with E-state index in [0.717, 1.165) is 4.90 Å². The van der Waals surface area contributed by atoms with Gasteiger partial charge in [-0.2, -0.15) is 5.26 Å². The largest absolute Gasteiger partial charge is 0.462 e. The quantitative estimate of drug-likeness (QED) is 0.347. The maximum atomic E-state index is 11.3. The zero-order chi connectivity index (χ0) is 11.8. The van der Waals surface area contributed by atoms with Gasteiger partial charge in [0.2, 0.25) is 0 Å². The highest BCUT2D eigenvalue weighted by molar-refractivity contribution is 8.02. The second kappa shape index (κ2) is 6.70. The summed E-state index contributed by atoms with van der Waals surface area (Å²) in [7, 11) is 0. The Hall–Kier alpha value is -1.73. The molecule has 0 saturated heterocycles. The summed E-state index contributed by atoms with van der Waals surface area (Å²) in [6.45, 7) is 1.98. The van der Waals surface area contributed by atoms with Gasteiger partial charge in [0.1, 0.15) is 11.6 Å². The Balaban J connectivity index is 2.68. The van der Waals surface area contributed by atoms with Crippen LogP contribution in [-0.4, -0.2) is 12.6 Å². The van der Waals surface area contributed by atoms with Crippen molar-refractivity contribution in [1.82, 2.24) is 0 Å². The molecule has 0 unspecified atom stereocenters. The SMILES string of the molecule is CCOC(=O)C(C#N)=CSc1ccccc1. The van der Waals surface area contributed by atoms with Crippen LogP contribution in [0.1, 0.15) is 6.92 Å². The highest BCUT2D eigenvalue weighted by Crippen LogP contribution is 2.20. The van der Waals surface area contributed by atoms with Crippen LogP contribution < -0.4 is 0 Å². The van der Waals surface area contributed by atoms with Gasteiger partial charge in [-0.05, 0) is 19.1 Å². The molecule has 82 valence electrons. The fourth-order valence-electron chi connectivity index (χ4n) is 0.955. The molecular weight excluding hydrogens is 222 g/mol. The van der Waals surface area contributed by atoms with Crippen LogP contribution in [0, 0.1) is 11.3 Å². The van der Waals surface area contributed by atoms with Crippen LogP contribution in [0.4, 0.5) is 0 Å². The van der Waals surface area contributed by atoms with Gasteiger partial charge in [-0.1, -0.05) is 30.0 Å². The average Bonchev–Trinajstić information content (AvgIpc) is 2.31. The summed E-state index contributed by atoms with van der Waals surface area (Å²) in [5, 5.41) is 10.3. The first kappa shape index (κ1) is 12.3. The van der Waals surface area contributed by atoms with Crippen molar-refractivity contribution in [3.05, 3.63) is 41.3 Å². The van der Waals surface area contributed by atoms with E-state index < -0.39 is 5.97 Å². The normalized spacial score (nSPS) is 10.6. The van der Waals surface area contributed by atoms with E-state index in [4.69, 9.17) is 10.00 Å². The third-order valence-corrected chi connectivity index (χ3v) is 2.57. The molecule has 0 bridgehead atoms. The lowest BCUT2D eigenvalue weighted by molar-refractivity contribution is -0.137. The van der Waals surface area contributed by atoms with Crippen LogP contribution in [0.3, 0.4) is 0 Å². The highest BCUT2D eigenvalue weighted by atomic mass is 32.2. The summed E-state index contributed by atoms with van der Waals surface area (Å²) in [6.07, 6.45) is 0. The molecule has 0 radical (unpaired) electrons. The number of carbonyl (C=O) groups is 1. The van der Waals surface area contributed by atoms with Crippen LogP contribution in [0.2, 0.25) is 0 Å². The number of ether oxygens (including phenoxy) is 1. The molecule has 1 rings (SSSR count). The fourth-order valence-corrected chi connectivity index (χ4v) is 1.67. The van der Waals surface area contributed by atoms with Gasteiger partial charge in [-0.25, -0.2) is 4.79 Å². The number of hydrogen-bond acceptors (Lipinski definition) is 4. The summed E-state index contributed by atoms with van der Waals surface area (Å²) >= 11 is 1.32. The van der Waals surface area contributed by atoms with Crippen LogP contribution >= 0.6 is 11.8 Å². The molecule has 0 spiro atoms. The molecule has 3 nitrogen and oxygen atoms in total. The lowest BCUT2D eigenvalue weighted by atomic mass is 10.3. The number of nitriles is 1. The lowest BCUT2D eigenvalue weighted by Crippen LogP contribution is -2.05. The van der Waals surface area contributed by atoms with Crippen molar-refractivity contribution < 1.29 is 9.53 Å². The van der Waals surface area contributed by atoms with E-state index in [0.29, 0.717) is 0 Å². The van der Waals surface area contributed by atoms with Crippen molar-refractivity contribution >= 4 is 17.7 Å². The Morgan fingerprint density at radius 1 is 1.50 bits per heavy atom. The number of thioether (sulfide) groups is 1. The van der Waals surface area contributed by atoms with Crippen molar-refractivity contribution in [2.75, 3.05) is 6.61 Å². The summed E-state index contributed by atoms with van der Waals surface area (Å²) in [5.74, 6) is -0.576. The minimum Gasteiger partial charge on any atom is -0.462 e. The monoisotopic (exact) mass is 233 g/mol. The van der Waals surface area contributed by atoms with Crippen LogP contribution in [0.5, 0.6) is 0 Å². The van der Waals surface area contributed by atoms with E-state index in [1.54, 1.807) is 6.92 Å². The predicted molar refractivity (Wildman–Crippen MR) is 62.6 cm³/mol. The molecule has 0 fully saturated rings. The van der Waals surface area contributed by atoms with E-state index in [1.807, 2.05) is 36.4 Å². The third kappa shape index (κ3) is 3.79. The van der Waals surface area contributed by atoms with E-state index in [2.05, 4.69) is 0 Å². The molecule has 1 aromatic carbocycles. The van der Waals surface area contributed by atoms with E-state index in [9.17, 15) is 4.79 Å². The van der Waals surface area contributed by atoms with Crippen LogP contribution in [-0.2, 0) is 9.53 Å². The molecule has 0 aliphatic heterocycles. The number of rotatable bonds is 4. The smallest absolute Gasteiger partial charge is 0.349 e. The summed E-state index contributed by atoms with van der Waals surface area (Å²) in [6, 6.07) is 11.3. The van der Waals surface area contributed by atoms with E-state index in [1.165, 1.54) is 17.2 Å². The molecule has 0 aliphatic rings. The van der Waals surface area contributed by atoms with Gasteiger partial charge >= 0.3 is 5.97 Å². The molecule has 16 heavy (non-hydrogen) atoms. The second-order valence-electron chi connectivity index (χ2n) is 2.79. The van der Waals surface area contributed by atoms with Gasteiger partial charge in [-0.15, -0.1) is 0 Å². The van der Waals surface area contributed by atoms with Crippen LogP contribution in [0.25, 0.3) is 0 Å². The minimum atomic E-state index is -0.576. The van der Waals surface area contributed by atoms with E-state index >= 15 is 0 Å². The zero-order valence-corrected chi connectivity index (χ0v) is 9.66. The number of hydrogen-bond donors (Lipinski definition) is 0. The fraction of sp³-hybridized carbons (Fsp3) is 0.167. The van der Waals surface area contributed by atoms with Gasteiger partial charge in [0.05, 0.1) is 6.61 Å². The summed E-state index contributed by atoms with van der Waals surface area (Å²) in [4.78, 5) is 12.2. The number of nitrogens with zero attached hydrogens (tertiary/aromatic N) is 1. The predicted octanol–water partition coefficient (Wildman–Crippen LogP) is 2.75. The topological polar surface area (TPSA) is 50.1 Å². The van der Waals surface area contributed by atoms with Crippen molar-refractivity contribution in [3.8, 4) is 6.07 Å². The van der Waals surface area contributed by atoms with Crippen molar-refractivity contribution in [2.45, 2.75) is 11.8 Å². The van der Waals surface area contributed by atoms with Crippen molar-refractivity contribution in [3.63, 3.8) is 0 Å². The third-order valence-electron chi connectivity index (χ3n) is 1.67. The molecule has 4 heteroatoms. The lowest BCUT2D eigenvalue weighted by Gasteiger charge is -1.99. The second-order valence-corrected chi connectivity index (χ2v) is 3.74. The zero-order valence-electron chi connectivity index (χ0n) is 8.84. The first-order valence-electron chi connectivity index (χ1n) is 4.77. The standard InChI is InChI=1S/C12H11NO2S/c1-2-15-12(14)10(8-13)9-16-11-6-4-3-5-7-11/h3-7,9H,2H2,1H3. The van der Waals surface area contributed by atoms with Gasteiger partial charge < -0.3 is 4.74 Å². The molecule has 1 aromatic rings. The number of esters is 1. The van der Waals surface area contributed by atoms with Gasteiger partial charge in [0.25, 0.3) is 0 Å². The Labute approximate surface area is 98.7 Å². The molecule has 0 aliphatic carbocycles. The first-order valence-corrected chi connectivity index (χ1v) is 5.65. The Morgan fingerprint density at radius 3 is 2.75 bits per heavy atom. The van der Waals surface area contributed by atoms with Gasteiger partial charge in [-0.3, -0.25) is 0 Å². The van der Waals surface area contributed by atoms with Crippen molar-refractivity contribution in [2.24, 2.45) is 0 Å². The minimum absolute atomic E-state index is 0.0238. The van der Waals surface area contributed by atoms with Crippen LogP contribution in [0.15, 0.2) is 46.2 Å². The Bertz CT molecular complexity index is 420. The van der Waals surface area contributed by atoms with Gasteiger partial charge in [0.15, 0.2) is 0 Å². The molecule has 0 saturated carbocycles. The molecule has 0 heterocycles. The number of benzene rings is 1. The maximum absolute atomic E-state index is 11.3. The highest BCUT2D eigenvalue weighted by Gasteiger charge is 2.08.